The Labute approximate surface area is 182 Å². The third kappa shape index (κ3) is 4.06. The number of allylic oxidation sites excluding steroid dienone is 2. The molecule has 0 amide bonds. The van der Waals surface area contributed by atoms with Crippen LogP contribution in [0.4, 0.5) is 0 Å². The van der Waals surface area contributed by atoms with E-state index in [1.54, 1.807) is 0 Å². The molecule has 0 spiro atoms. The van der Waals surface area contributed by atoms with Gasteiger partial charge in [-0.05, 0) is 68.5 Å². The van der Waals surface area contributed by atoms with Crippen LogP contribution in [0, 0.1) is 19.8 Å². The fraction of sp³-hybridized carbons (Fsp3) is 0.214. The number of nitrogens with zero attached hydrogens (tertiary/aromatic N) is 1. The van der Waals surface area contributed by atoms with E-state index in [2.05, 4.69) is 130 Å². The second-order valence-corrected chi connectivity index (χ2v) is 10.4. The minimum absolute atomic E-state index is 0.314. The molecule has 3 aromatic carbocycles. The van der Waals surface area contributed by atoms with Gasteiger partial charge in [-0.1, -0.05) is 97.1 Å². The average molecular weight is 412 g/mol. The Kier molecular flexibility index (Phi) is 6.32. The fourth-order valence-corrected chi connectivity index (χ4v) is 7.39. The molecule has 0 bridgehead atoms. The second kappa shape index (κ2) is 9.13. The van der Waals surface area contributed by atoms with Crippen LogP contribution in [0.25, 0.3) is 0 Å². The van der Waals surface area contributed by atoms with E-state index >= 15 is 0 Å². The van der Waals surface area contributed by atoms with Crippen molar-refractivity contribution in [3.05, 3.63) is 119 Å². The summed E-state index contributed by atoms with van der Waals surface area (Å²) in [6.07, 6.45) is 7.05. The Hall–Kier alpha value is -2.47. The molecular weight excluding hydrogens is 381 g/mol. The number of aryl methyl sites for hydroxylation is 2. The molecule has 0 N–H and O–H groups in total. The highest BCUT2D eigenvalue weighted by atomic mass is 31.1. The lowest BCUT2D eigenvalue weighted by Gasteiger charge is -2.35. The first-order valence-electron chi connectivity index (χ1n) is 10.6. The molecule has 3 aromatic rings. The number of benzene rings is 3. The van der Waals surface area contributed by atoms with E-state index < -0.39 is 7.92 Å². The predicted molar refractivity (Wildman–Crippen MR) is 132 cm³/mol. The zero-order chi connectivity index (χ0) is 21.1. The fourth-order valence-electron chi connectivity index (χ4n) is 4.49. The first kappa shape index (κ1) is 20.8. The Morgan fingerprint density at radius 2 is 1.27 bits per heavy atom. The van der Waals surface area contributed by atoms with Crippen LogP contribution in [0.3, 0.4) is 0 Å². The van der Waals surface area contributed by atoms with Gasteiger partial charge in [0.2, 0.25) is 0 Å². The highest BCUT2D eigenvalue weighted by molar-refractivity contribution is 7.77. The molecule has 30 heavy (non-hydrogen) atoms. The lowest BCUT2D eigenvalue weighted by Crippen LogP contribution is -2.29. The summed E-state index contributed by atoms with van der Waals surface area (Å²) in [5, 5.41) is 4.47. The first-order chi connectivity index (χ1) is 14.6. The van der Waals surface area contributed by atoms with E-state index in [-0.39, 0.29) is 0 Å². The summed E-state index contributed by atoms with van der Waals surface area (Å²) in [6, 6.07) is 29.1. The zero-order valence-electron chi connectivity index (χ0n) is 18.3. The van der Waals surface area contributed by atoms with Crippen molar-refractivity contribution >= 4 is 18.5 Å². The molecule has 0 saturated heterocycles. The van der Waals surface area contributed by atoms with E-state index in [0.29, 0.717) is 12.0 Å². The second-order valence-electron chi connectivity index (χ2n) is 8.23. The van der Waals surface area contributed by atoms with Gasteiger partial charge in [0.15, 0.2) is 0 Å². The zero-order valence-corrected chi connectivity index (χ0v) is 19.2. The topological polar surface area (TPSA) is 3.24 Å². The van der Waals surface area contributed by atoms with Crippen molar-refractivity contribution in [2.45, 2.75) is 19.9 Å². The first-order valence-corrected chi connectivity index (χ1v) is 11.9. The van der Waals surface area contributed by atoms with Crippen LogP contribution in [-0.4, -0.2) is 19.0 Å². The van der Waals surface area contributed by atoms with Crippen LogP contribution in [0.5, 0.6) is 0 Å². The van der Waals surface area contributed by atoms with E-state index in [1.165, 1.54) is 32.6 Å². The molecule has 0 aliphatic heterocycles. The van der Waals surface area contributed by atoms with Crippen molar-refractivity contribution in [2.75, 3.05) is 14.1 Å². The molecule has 2 heteroatoms. The van der Waals surface area contributed by atoms with Crippen molar-refractivity contribution in [1.29, 1.82) is 0 Å². The SMILES string of the molecule is Cc1ccccc1P(C1=CC=CC1[C@H](c1ccccc1)N(C)C)c1ccccc1C. The lowest BCUT2D eigenvalue weighted by molar-refractivity contribution is 0.265. The maximum absolute atomic E-state index is 2.40. The van der Waals surface area contributed by atoms with Crippen molar-refractivity contribution in [2.24, 2.45) is 5.92 Å². The Bertz CT molecular complexity index is 1020. The average Bonchev–Trinajstić information content (AvgIpc) is 3.20. The Morgan fingerprint density at radius 1 is 0.733 bits per heavy atom. The van der Waals surface area contributed by atoms with Gasteiger partial charge in [0.1, 0.15) is 0 Å². The van der Waals surface area contributed by atoms with Crippen LogP contribution in [0.1, 0.15) is 22.7 Å². The number of hydrogen-bond donors (Lipinski definition) is 0. The van der Waals surface area contributed by atoms with Gasteiger partial charge in [-0.3, -0.25) is 0 Å². The third-order valence-electron chi connectivity index (χ3n) is 5.94. The van der Waals surface area contributed by atoms with Gasteiger partial charge in [0.25, 0.3) is 0 Å². The molecule has 0 radical (unpaired) electrons. The van der Waals surface area contributed by atoms with Crippen LogP contribution >= 0.6 is 7.92 Å². The summed E-state index contributed by atoms with van der Waals surface area (Å²) in [6.45, 7) is 4.50. The molecule has 0 fully saturated rings. The van der Waals surface area contributed by atoms with Crippen molar-refractivity contribution in [1.82, 2.24) is 4.90 Å². The molecule has 4 rings (SSSR count). The minimum atomic E-state index is -0.609. The van der Waals surface area contributed by atoms with Gasteiger partial charge in [0, 0.05) is 12.0 Å². The van der Waals surface area contributed by atoms with Crippen LogP contribution in [0.2, 0.25) is 0 Å². The molecular formula is C28H30NP. The summed E-state index contributed by atoms with van der Waals surface area (Å²) < 4.78 is 0. The molecule has 1 aliphatic rings. The van der Waals surface area contributed by atoms with Gasteiger partial charge in [0.05, 0.1) is 0 Å². The van der Waals surface area contributed by atoms with Gasteiger partial charge in [-0.15, -0.1) is 0 Å². The Morgan fingerprint density at radius 3 is 1.80 bits per heavy atom. The van der Waals surface area contributed by atoms with E-state index in [9.17, 15) is 0 Å². The van der Waals surface area contributed by atoms with Gasteiger partial charge in [-0.25, -0.2) is 0 Å². The highest BCUT2D eigenvalue weighted by Gasteiger charge is 2.34. The number of rotatable bonds is 6. The molecule has 0 aromatic heterocycles. The summed E-state index contributed by atoms with van der Waals surface area (Å²) in [5.74, 6) is 0.354. The normalized spacial score (nSPS) is 16.9. The molecule has 0 saturated carbocycles. The molecule has 1 unspecified atom stereocenters. The summed E-state index contributed by atoms with van der Waals surface area (Å²) >= 11 is 0. The monoisotopic (exact) mass is 411 g/mol. The van der Waals surface area contributed by atoms with Crippen LogP contribution < -0.4 is 10.6 Å². The Balaban J connectivity index is 1.85. The van der Waals surface area contributed by atoms with E-state index in [4.69, 9.17) is 0 Å². The summed E-state index contributed by atoms with van der Waals surface area (Å²) in [5.41, 5.74) is 4.12. The molecule has 1 aliphatic carbocycles. The standard InChI is InChI=1S/C28H30NP/c1-21-13-8-10-18-25(21)30(26-19-11-9-14-22(26)2)27-20-12-17-24(27)28(29(3)4)23-15-6-5-7-16-23/h5-20,24,28H,1-4H3/t24?,28-/m0/s1. The number of hydrogen-bond acceptors (Lipinski definition) is 1. The highest BCUT2D eigenvalue weighted by Crippen LogP contribution is 2.53. The van der Waals surface area contributed by atoms with Gasteiger partial charge >= 0.3 is 0 Å². The molecule has 2 atom stereocenters. The van der Waals surface area contributed by atoms with Crippen molar-refractivity contribution < 1.29 is 0 Å². The lowest BCUT2D eigenvalue weighted by atomic mass is 9.93. The minimum Gasteiger partial charge on any atom is -0.301 e. The van der Waals surface area contributed by atoms with Gasteiger partial charge < -0.3 is 4.90 Å². The van der Waals surface area contributed by atoms with Crippen molar-refractivity contribution in [3.63, 3.8) is 0 Å². The van der Waals surface area contributed by atoms with Crippen LogP contribution in [0.15, 0.2) is 102 Å². The van der Waals surface area contributed by atoms with Crippen LogP contribution in [-0.2, 0) is 0 Å². The van der Waals surface area contributed by atoms with Gasteiger partial charge in [-0.2, -0.15) is 0 Å². The smallest absolute Gasteiger partial charge is 0.0445 e. The summed E-state index contributed by atoms with van der Waals surface area (Å²) in [7, 11) is 3.79. The quantitative estimate of drug-likeness (QED) is 0.443. The largest absolute Gasteiger partial charge is 0.301 e. The molecule has 0 heterocycles. The summed E-state index contributed by atoms with van der Waals surface area (Å²) in [4.78, 5) is 2.37. The van der Waals surface area contributed by atoms with E-state index in [1.807, 2.05) is 0 Å². The molecule has 152 valence electrons. The third-order valence-corrected chi connectivity index (χ3v) is 8.87. The van der Waals surface area contributed by atoms with Crippen molar-refractivity contribution in [3.8, 4) is 0 Å². The maximum Gasteiger partial charge on any atom is 0.0445 e. The molecule has 1 nitrogen and oxygen atoms in total. The maximum atomic E-state index is 2.40. The van der Waals surface area contributed by atoms with E-state index in [0.717, 1.165) is 0 Å². The predicted octanol–water partition coefficient (Wildman–Crippen LogP) is 6.11.